The molecule has 2 N–H and O–H groups in total. The van der Waals surface area contributed by atoms with Crippen LogP contribution in [0.4, 0.5) is 0 Å². The molecule has 0 amide bonds. The highest BCUT2D eigenvalue weighted by molar-refractivity contribution is 5.85. The van der Waals surface area contributed by atoms with Gasteiger partial charge in [-0.2, -0.15) is 0 Å². The summed E-state index contributed by atoms with van der Waals surface area (Å²) in [6.07, 6.45) is 0. The number of ether oxygens (including phenoxy) is 1. The summed E-state index contributed by atoms with van der Waals surface area (Å²) in [5.41, 5.74) is 11.9. The minimum atomic E-state index is 0. The van der Waals surface area contributed by atoms with E-state index in [1.165, 1.54) is 27.8 Å². The second-order valence-corrected chi connectivity index (χ2v) is 4.52. The Bertz CT molecular complexity index is 526. The van der Waals surface area contributed by atoms with Crippen LogP contribution in [0.2, 0.25) is 0 Å². The Morgan fingerprint density at radius 1 is 0.947 bits per heavy atom. The summed E-state index contributed by atoms with van der Waals surface area (Å²) in [6.45, 7) is 4.82. The molecule has 0 aliphatic rings. The lowest BCUT2D eigenvalue weighted by atomic mass is 9.95. The molecule has 0 heterocycles. The maximum atomic E-state index is 5.76. The first kappa shape index (κ1) is 15.5. The van der Waals surface area contributed by atoms with Crippen LogP contribution in [0.3, 0.4) is 0 Å². The highest BCUT2D eigenvalue weighted by atomic mass is 35.5. The molecule has 0 spiro atoms. The fourth-order valence-corrected chi connectivity index (χ4v) is 2.27. The normalized spacial score (nSPS) is 9.89. The van der Waals surface area contributed by atoms with Crippen LogP contribution >= 0.6 is 12.4 Å². The van der Waals surface area contributed by atoms with E-state index < -0.39 is 0 Å². The molecule has 0 saturated carbocycles. The average molecular weight is 278 g/mol. The van der Waals surface area contributed by atoms with Crippen molar-refractivity contribution in [2.75, 3.05) is 7.11 Å². The van der Waals surface area contributed by atoms with Crippen LogP contribution in [0.5, 0.6) is 5.75 Å². The summed E-state index contributed by atoms with van der Waals surface area (Å²) in [5, 5.41) is 0. The number of nitrogens with two attached hydrogens (primary N) is 1. The SMILES string of the molecule is COc1ccc(-c2cc(C)c(CN)c(C)c2)cc1.Cl. The molecule has 2 rings (SSSR count). The molecule has 2 nitrogen and oxygen atoms in total. The van der Waals surface area contributed by atoms with Crippen molar-refractivity contribution in [1.82, 2.24) is 0 Å². The van der Waals surface area contributed by atoms with Crippen molar-refractivity contribution in [3.05, 3.63) is 53.1 Å². The first-order chi connectivity index (χ1) is 8.65. The zero-order valence-corrected chi connectivity index (χ0v) is 12.4. The summed E-state index contributed by atoms with van der Waals surface area (Å²) < 4.78 is 5.17. The van der Waals surface area contributed by atoms with Crippen LogP contribution in [-0.2, 0) is 6.54 Å². The van der Waals surface area contributed by atoms with Crippen LogP contribution in [0.15, 0.2) is 36.4 Å². The predicted octanol–water partition coefficient (Wildman–Crippen LogP) is 3.86. The molecule has 0 saturated heterocycles. The van der Waals surface area contributed by atoms with Crippen molar-refractivity contribution in [3.63, 3.8) is 0 Å². The maximum absolute atomic E-state index is 5.76. The van der Waals surface area contributed by atoms with E-state index in [1.54, 1.807) is 7.11 Å². The fourth-order valence-electron chi connectivity index (χ4n) is 2.27. The second kappa shape index (κ2) is 6.60. The standard InChI is InChI=1S/C16H19NO.ClH/c1-11-8-14(9-12(2)16(11)10-17)13-4-6-15(18-3)7-5-13;/h4-9H,10,17H2,1-3H3;1H. The number of hydrogen-bond donors (Lipinski definition) is 1. The second-order valence-electron chi connectivity index (χ2n) is 4.52. The zero-order valence-electron chi connectivity index (χ0n) is 11.6. The van der Waals surface area contributed by atoms with Gasteiger partial charge in [0.1, 0.15) is 5.75 Å². The van der Waals surface area contributed by atoms with Crippen LogP contribution in [0, 0.1) is 13.8 Å². The molecule has 2 aromatic rings. The smallest absolute Gasteiger partial charge is 0.118 e. The Morgan fingerprint density at radius 2 is 1.47 bits per heavy atom. The van der Waals surface area contributed by atoms with Gasteiger partial charge in [0.15, 0.2) is 0 Å². The number of aryl methyl sites for hydroxylation is 2. The monoisotopic (exact) mass is 277 g/mol. The van der Waals surface area contributed by atoms with Gasteiger partial charge in [-0.1, -0.05) is 24.3 Å². The third-order valence-electron chi connectivity index (χ3n) is 3.32. The van der Waals surface area contributed by atoms with Gasteiger partial charge in [0.2, 0.25) is 0 Å². The number of benzene rings is 2. The van der Waals surface area contributed by atoms with Gasteiger partial charge in [-0.3, -0.25) is 0 Å². The minimum absolute atomic E-state index is 0. The Morgan fingerprint density at radius 3 is 1.89 bits per heavy atom. The number of hydrogen-bond acceptors (Lipinski definition) is 2. The molecule has 0 bridgehead atoms. The average Bonchev–Trinajstić information content (AvgIpc) is 2.38. The topological polar surface area (TPSA) is 35.2 Å². The summed E-state index contributed by atoms with van der Waals surface area (Å²) >= 11 is 0. The molecule has 19 heavy (non-hydrogen) atoms. The molecule has 0 aromatic heterocycles. The summed E-state index contributed by atoms with van der Waals surface area (Å²) in [4.78, 5) is 0. The van der Waals surface area contributed by atoms with Gasteiger partial charge in [0.05, 0.1) is 7.11 Å². The first-order valence-electron chi connectivity index (χ1n) is 6.10. The van der Waals surface area contributed by atoms with Crippen LogP contribution < -0.4 is 10.5 Å². The predicted molar refractivity (Wildman–Crippen MR) is 83.0 cm³/mol. The van der Waals surface area contributed by atoms with Gasteiger partial charge in [0, 0.05) is 6.54 Å². The third kappa shape index (κ3) is 3.28. The van der Waals surface area contributed by atoms with Crippen LogP contribution in [-0.4, -0.2) is 7.11 Å². The van der Waals surface area contributed by atoms with E-state index >= 15 is 0 Å². The fraction of sp³-hybridized carbons (Fsp3) is 0.250. The van der Waals surface area contributed by atoms with Crippen LogP contribution in [0.25, 0.3) is 11.1 Å². The van der Waals surface area contributed by atoms with Crippen molar-refractivity contribution in [1.29, 1.82) is 0 Å². The first-order valence-corrected chi connectivity index (χ1v) is 6.10. The lowest BCUT2D eigenvalue weighted by Gasteiger charge is -2.11. The van der Waals surface area contributed by atoms with E-state index in [4.69, 9.17) is 10.5 Å². The lowest BCUT2D eigenvalue weighted by Crippen LogP contribution is -2.02. The largest absolute Gasteiger partial charge is 0.497 e. The molecule has 102 valence electrons. The Hall–Kier alpha value is -1.51. The molecule has 0 radical (unpaired) electrons. The molecule has 0 atom stereocenters. The molecular weight excluding hydrogens is 258 g/mol. The number of rotatable bonds is 3. The number of methoxy groups -OCH3 is 1. The van der Waals surface area contributed by atoms with Gasteiger partial charge < -0.3 is 10.5 Å². The van der Waals surface area contributed by atoms with E-state index in [9.17, 15) is 0 Å². The van der Waals surface area contributed by atoms with E-state index in [0.29, 0.717) is 6.54 Å². The van der Waals surface area contributed by atoms with Crippen molar-refractivity contribution >= 4 is 12.4 Å². The van der Waals surface area contributed by atoms with Crippen LogP contribution in [0.1, 0.15) is 16.7 Å². The molecular formula is C16H20ClNO. The van der Waals surface area contributed by atoms with Gasteiger partial charge in [-0.25, -0.2) is 0 Å². The maximum Gasteiger partial charge on any atom is 0.118 e. The summed E-state index contributed by atoms with van der Waals surface area (Å²) in [6, 6.07) is 12.5. The third-order valence-corrected chi connectivity index (χ3v) is 3.32. The lowest BCUT2D eigenvalue weighted by molar-refractivity contribution is 0.415. The zero-order chi connectivity index (χ0) is 13.1. The number of halogens is 1. The molecule has 2 aromatic carbocycles. The highest BCUT2D eigenvalue weighted by Crippen LogP contribution is 2.26. The molecule has 0 fully saturated rings. The Labute approximate surface area is 121 Å². The molecule has 0 aliphatic heterocycles. The van der Waals surface area contributed by atoms with E-state index in [1.807, 2.05) is 12.1 Å². The van der Waals surface area contributed by atoms with Gasteiger partial charge >= 0.3 is 0 Å². The molecule has 3 heteroatoms. The highest BCUT2D eigenvalue weighted by Gasteiger charge is 2.05. The van der Waals surface area contributed by atoms with E-state index in [-0.39, 0.29) is 12.4 Å². The van der Waals surface area contributed by atoms with Crippen molar-refractivity contribution < 1.29 is 4.74 Å². The summed E-state index contributed by atoms with van der Waals surface area (Å²) in [7, 11) is 1.68. The van der Waals surface area contributed by atoms with Gasteiger partial charge in [0.25, 0.3) is 0 Å². The summed E-state index contributed by atoms with van der Waals surface area (Å²) in [5.74, 6) is 0.880. The van der Waals surface area contributed by atoms with Gasteiger partial charge in [-0.15, -0.1) is 12.4 Å². The van der Waals surface area contributed by atoms with Gasteiger partial charge in [-0.05, 0) is 53.8 Å². The van der Waals surface area contributed by atoms with Crippen molar-refractivity contribution in [3.8, 4) is 16.9 Å². The van der Waals surface area contributed by atoms with Crippen molar-refractivity contribution in [2.24, 2.45) is 5.73 Å². The van der Waals surface area contributed by atoms with E-state index in [2.05, 4.69) is 38.1 Å². The minimum Gasteiger partial charge on any atom is -0.497 e. The quantitative estimate of drug-likeness (QED) is 0.925. The molecule has 0 aliphatic carbocycles. The Balaban J connectivity index is 0.00000180. The molecule has 0 unspecified atom stereocenters. The Kier molecular flexibility index (Phi) is 5.40. The van der Waals surface area contributed by atoms with E-state index in [0.717, 1.165) is 5.75 Å². The van der Waals surface area contributed by atoms with Crippen molar-refractivity contribution in [2.45, 2.75) is 20.4 Å².